The van der Waals surface area contributed by atoms with Gasteiger partial charge in [-0.15, -0.1) is 0 Å². The molecule has 16 heteroatoms. The Hall–Kier alpha value is -5.56. The zero-order valence-electron chi connectivity index (χ0n) is 28.8. The molecule has 2 aliphatic carbocycles. The van der Waals surface area contributed by atoms with Gasteiger partial charge in [0.15, 0.2) is 5.82 Å². The summed E-state index contributed by atoms with van der Waals surface area (Å²) in [6, 6.07) is 8.16. The lowest BCUT2D eigenvalue weighted by Gasteiger charge is -2.23. The van der Waals surface area contributed by atoms with Crippen molar-refractivity contribution in [2.45, 2.75) is 63.1 Å². The highest BCUT2D eigenvalue weighted by Crippen LogP contribution is 2.68. The SMILES string of the molecule is COc1ccc(-c2ccc(C#CC(C)(C)O)nc2C(Cc2cc(F)cc(F)c2)NC(=O)Cn2nc(C(F)F)c3c2C(F)(F)[C@@H]2C[C@H]32)c2c1c(N)nn2C. The Morgan fingerprint density at radius 1 is 1.11 bits per heavy atom. The number of methoxy groups -OCH3 is 1. The lowest BCUT2D eigenvalue weighted by Crippen LogP contribution is -2.35. The molecule has 4 N–H and O–H groups in total. The summed E-state index contributed by atoms with van der Waals surface area (Å²) in [6.45, 7) is 2.07. The number of benzene rings is 2. The molecule has 0 aliphatic heterocycles. The summed E-state index contributed by atoms with van der Waals surface area (Å²) in [6.07, 6.45) is -3.36. The quantitative estimate of drug-likeness (QED) is 0.124. The van der Waals surface area contributed by atoms with Crippen LogP contribution in [0.4, 0.5) is 32.2 Å². The number of aryl methyl sites for hydroxylation is 1. The molecular weight excluding hydrogens is 704 g/mol. The van der Waals surface area contributed by atoms with Crippen molar-refractivity contribution in [1.29, 1.82) is 0 Å². The molecule has 53 heavy (non-hydrogen) atoms. The number of nitrogen functional groups attached to an aromatic ring is 1. The Balaban J connectivity index is 1.37. The fraction of sp³-hybridized carbons (Fsp3) is 0.351. The molecule has 0 saturated heterocycles. The highest BCUT2D eigenvalue weighted by atomic mass is 19.3. The minimum absolute atomic E-state index is 0.0476. The van der Waals surface area contributed by atoms with Crippen LogP contribution in [-0.2, 0) is 30.7 Å². The number of aliphatic hydroxyl groups is 1. The molecule has 3 heterocycles. The molecule has 7 rings (SSSR count). The number of carbonyl (C=O) groups excluding carboxylic acids is 1. The van der Waals surface area contributed by atoms with E-state index in [1.165, 1.54) is 25.6 Å². The van der Waals surface area contributed by atoms with E-state index in [0.29, 0.717) is 38.5 Å². The van der Waals surface area contributed by atoms with Crippen LogP contribution < -0.4 is 15.8 Å². The Morgan fingerprint density at radius 2 is 1.81 bits per heavy atom. The first-order chi connectivity index (χ1) is 25.0. The minimum atomic E-state index is -3.47. The number of carbonyl (C=O) groups is 1. The first-order valence-corrected chi connectivity index (χ1v) is 16.5. The van der Waals surface area contributed by atoms with Crippen molar-refractivity contribution in [1.82, 2.24) is 29.9 Å². The number of alkyl halides is 4. The van der Waals surface area contributed by atoms with Gasteiger partial charge in [0.2, 0.25) is 5.91 Å². The average molecular weight is 738 g/mol. The summed E-state index contributed by atoms with van der Waals surface area (Å²) in [7, 11) is 3.12. The molecule has 0 radical (unpaired) electrons. The smallest absolute Gasteiger partial charge is 0.293 e. The maximum Gasteiger partial charge on any atom is 0.293 e. The van der Waals surface area contributed by atoms with Crippen molar-refractivity contribution in [3.8, 4) is 28.7 Å². The molecule has 3 aromatic heterocycles. The summed E-state index contributed by atoms with van der Waals surface area (Å²) in [5.41, 5.74) is 4.90. The third kappa shape index (κ3) is 6.54. The van der Waals surface area contributed by atoms with E-state index in [9.17, 15) is 27.5 Å². The topological polar surface area (TPSA) is 133 Å². The second kappa shape index (κ2) is 12.8. The summed E-state index contributed by atoms with van der Waals surface area (Å²) in [4.78, 5) is 18.6. The molecule has 0 spiro atoms. The van der Waals surface area contributed by atoms with Crippen LogP contribution in [-0.4, -0.2) is 48.3 Å². The van der Waals surface area contributed by atoms with Gasteiger partial charge in [0, 0.05) is 35.7 Å². The van der Waals surface area contributed by atoms with Gasteiger partial charge in [0.25, 0.3) is 12.3 Å². The number of pyridine rings is 1. The van der Waals surface area contributed by atoms with Gasteiger partial charge in [-0.1, -0.05) is 5.92 Å². The number of nitrogens with zero attached hydrogens (tertiary/aromatic N) is 5. The van der Waals surface area contributed by atoms with Gasteiger partial charge in [0.1, 0.15) is 46.6 Å². The van der Waals surface area contributed by atoms with Crippen LogP contribution in [0.3, 0.4) is 0 Å². The lowest BCUT2D eigenvalue weighted by atomic mass is 9.93. The number of aromatic nitrogens is 5. The van der Waals surface area contributed by atoms with Gasteiger partial charge in [-0.2, -0.15) is 19.0 Å². The minimum Gasteiger partial charge on any atom is -0.496 e. The van der Waals surface area contributed by atoms with Crippen molar-refractivity contribution in [3.63, 3.8) is 0 Å². The van der Waals surface area contributed by atoms with Crippen LogP contribution in [0.1, 0.15) is 72.6 Å². The number of hydrogen-bond donors (Lipinski definition) is 3. The first-order valence-electron chi connectivity index (χ1n) is 16.5. The van der Waals surface area contributed by atoms with E-state index in [2.05, 4.69) is 27.4 Å². The van der Waals surface area contributed by atoms with Gasteiger partial charge in [0.05, 0.1) is 29.7 Å². The van der Waals surface area contributed by atoms with Crippen molar-refractivity contribution in [2.24, 2.45) is 13.0 Å². The van der Waals surface area contributed by atoms with Crippen LogP contribution in [0.5, 0.6) is 5.75 Å². The van der Waals surface area contributed by atoms with Crippen LogP contribution in [0.15, 0.2) is 42.5 Å². The van der Waals surface area contributed by atoms with Crippen molar-refractivity contribution < 1.29 is 41.0 Å². The van der Waals surface area contributed by atoms with Crippen LogP contribution in [0.2, 0.25) is 0 Å². The van der Waals surface area contributed by atoms with E-state index >= 15 is 8.78 Å². The third-order valence-electron chi connectivity index (χ3n) is 9.40. The number of rotatable bonds is 9. The number of nitrogens with one attached hydrogen (secondary N) is 1. The second-order valence-electron chi connectivity index (χ2n) is 13.8. The second-order valence-corrected chi connectivity index (χ2v) is 13.8. The molecule has 0 bridgehead atoms. The normalized spacial score (nSPS) is 17.7. The van der Waals surface area contributed by atoms with Gasteiger partial charge in [-0.25, -0.2) is 22.5 Å². The van der Waals surface area contributed by atoms with Gasteiger partial charge >= 0.3 is 0 Å². The van der Waals surface area contributed by atoms with Crippen LogP contribution in [0.25, 0.3) is 22.0 Å². The van der Waals surface area contributed by atoms with E-state index in [0.717, 1.165) is 12.1 Å². The molecule has 2 aromatic carbocycles. The fourth-order valence-corrected chi connectivity index (χ4v) is 7.19. The third-order valence-corrected chi connectivity index (χ3v) is 9.40. The summed E-state index contributed by atoms with van der Waals surface area (Å²) in [5, 5.41) is 21.6. The largest absolute Gasteiger partial charge is 0.496 e. The summed E-state index contributed by atoms with van der Waals surface area (Å²) in [5.74, 6) is -2.02. The zero-order chi connectivity index (χ0) is 38.1. The molecule has 1 amide bonds. The maximum absolute atomic E-state index is 15.3. The number of ether oxygens (including phenoxy) is 1. The van der Waals surface area contributed by atoms with Gasteiger partial charge < -0.3 is 20.9 Å². The molecule has 2 aliphatic rings. The monoisotopic (exact) mass is 737 g/mol. The van der Waals surface area contributed by atoms with E-state index in [-0.39, 0.29) is 41.2 Å². The average Bonchev–Trinajstić information content (AvgIpc) is 3.63. The van der Waals surface area contributed by atoms with Gasteiger partial charge in [-0.3, -0.25) is 14.2 Å². The Bertz CT molecular complexity index is 2330. The molecule has 1 unspecified atom stereocenters. The zero-order valence-corrected chi connectivity index (χ0v) is 28.8. The molecular formula is C37H33F6N7O3. The number of nitrogens with two attached hydrogens (primary N) is 1. The molecule has 10 nitrogen and oxygen atoms in total. The maximum atomic E-state index is 15.3. The predicted molar refractivity (Wildman–Crippen MR) is 181 cm³/mol. The fourth-order valence-electron chi connectivity index (χ4n) is 7.19. The first kappa shape index (κ1) is 35.8. The number of fused-ring (bicyclic) bond motifs is 4. The number of anilines is 1. The highest BCUT2D eigenvalue weighted by molar-refractivity contribution is 6.03. The van der Waals surface area contributed by atoms with E-state index in [1.54, 1.807) is 31.3 Å². The van der Waals surface area contributed by atoms with E-state index < -0.39 is 71.3 Å². The Morgan fingerprint density at radius 3 is 2.47 bits per heavy atom. The van der Waals surface area contributed by atoms with Crippen LogP contribution in [0, 0.1) is 29.4 Å². The Kier molecular flexibility index (Phi) is 8.67. The van der Waals surface area contributed by atoms with E-state index in [1.807, 2.05) is 0 Å². The summed E-state index contributed by atoms with van der Waals surface area (Å²) < 4.78 is 95.3. The number of halogens is 6. The highest BCUT2D eigenvalue weighted by Gasteiger charge is 2.67. The van der Waals surface area contributed by atoms with Crippen molar-refractivity contribution in [2.75, 3.05) is 12.8 Å². The molecule has 1 saturated carbocycles. The predicted octanol–water partition coefficient (Wildman–Crippen LogP) is 6.07. The number of amides is 1. The van der Waals surface area contributed by atoms with E-state index in [4.69, 9.17) is 15.5 Å². The van der Waals surface area contributed by atoms with Crippen molar-refractivity contribution >= 4 is 22.6 Å². The molecule has 1 fully saturated rings. The van der Waals surface area contributed by atoms with Crippen molar-refractivity contribution in [3.05, 3.63) is 88.0 Å². The molecule has 5 aromatic rings. The standard InChI is InChI=1S/C37H33F6N7O3/c1-36(2,52)10-9-20-5-6-21(22-7-8-26(53-4)29-32(22)49(3)48-35(29)44)30(45-20)25(13-17-11-18(38)14-19(39)12-17)46-27(51)16-50-33-28(31(47-50)34(40)41)23-15-24(23)37(33,42)43/h5-8,11-12,14,23-25,34,52H,13,15-16H2,1-4H3,(H2,44,48)(H,46,51)/t23-,24+,25?/m0/s1. The molecule has 3 atom stereocenters. The number of hydrogen-bond acceptors (Lipinski definition) is 7. The summed E-state index contributed by atoms with van der Waals surface area (Å²) >= 11 is 0. The van der Waals surface area contributed by atoms with Crippen LogP contribution >= 0.6 is 0 Å². The van der Waals surface area contributed by atoms with Gasteiger partial charge in [-0.05, 0) is 80.5 Å². The lowest BCUT2D eigenvalue weighted by molar-refractivity contribution is -0.123. The Labute approximate surface area is 298 Å². The molecule has 276 valence electrons.